The van der Waals surface area contributed by atoms with Gasteiger partial charge in [-0.1, -0.05) is 18.2 Å². The van der Waals surface area contributed by atoms with Crippen LogP contribution in [0.4, 0.5) is 5.69 Å². The number of para-hydroxylation sites is 1. The molecule has 1 aliphatic rings. The SMILES string of the molecule is CC(=O)NC1CCN(c2ccccc2[C@@H](C)O)CC1. The maximum absolute atomic E-state index is 11.0. The highest BCUT2D eigenvalue weighted by Gasteiger charge is 2.22. The van der Waals surface area contributed by atoms with Crippen molar-refractivity contribution in [1.82, 2.24) is 5.32 Å². The molecule has 0 aliphatic carbocycles. The van der Waals surface area contributed by atoms with Gasteiger partial charge in [0.2, 0.25) is 5.91 Å². The molecule has 0 spiro atoms. The highest BCUT2D eigenvalue weighted by atomic mass is 16.3. The van der Waals surface area contributed by atoms with Crippen molar-refractivity contribution in [2.45, 2.75) is 38.8 Å². The first kappa shape index (κ1) is 13.9. The fourth-order valence-corrected chi connectivity index (χ4v) is 2.68. The van der Waals surface area contributed by atoms with E-state index in [1.54, 1.807) is 13.8 Å². The number of nitrogens with zero attached hydrogens (tertiary/aromatic N) is 1. The lowest BCUT2D eigenvalue weighted by molar-refractivity contribution is -0.119. The molecule has 0 unspecified atom stereocenters. The Kier molecular flexibility index (Phi) is 4.43. The second kappa shape index (κ2) is 6.06. The molecule has 0 bridgehead atoms. The number of hydrogen-bond acceptors (Lipinski definition) is 3. The summed E-state index contributed by atoms with van der Waals surface area (Å²) in [5, 5.41) is 12.8. The third-order valence-corrected chi connectivity index (χ3v) is 3.63. The molecule has 2 rings (SSSR count). The maximum atomic E-state index is 11.0. The van der Waals surface area contributed by atoms with Crippen molar-refractivity contribution < 1.29 is 9.90 Å². The molecule has 1 aromatic carbocycles. The molecule has 1 aromatic rings. The van der Waals surface area contributed by atoms with Crippen LogP contribution in [0.2, 0.25) is 0 Å². The van der Waals surface area contributed by atoms with Gasteiger partial charge in [0.1, 0.15) is 0 Å². The van der Waals surface area contributed by atoms with Gasteiger partial charge in [0, 0.05) is 37.3 Å². The van der Waals surface area contributed by atoms with E-state index in [-0.39, 0.29) is 11.9 Å². The van der Waals surface area contributed by atoms with Crippen LogP contribution in [0, 0.1) is 0 Å². The number of nitrogens with one attached hydrogen (secondary N) is 1. The average molecular weight is 262 g/mol. The molecule has 1 heterocycles. The second-order valence-corrected chi connectivity index (χ2v) is 5.20. The lowest BCUT2D eigenvalue weighted by Gasteiger charge is -2.35. The molecule has 1 saturated heterocycles. The monoisotopic (exact) mass is 262 g/mol. The van der Waals surface area contributed by atoms with E-state index in [1.165, 1.54) is 0 Å². The van der Waals surface area contributed by atoms with Gasteiger partial charge in [-0.05, 0) is 25.8 Å². The summed E-state index contributed by atoms with van der Waals surface area (Å²) in [6.45, 7) is 5.18. The van der Waals surface area contributed by atoms with Gasteiger partial charge < -0.3 is 15.3 Å². The van der Waals surface area contributed by atoms with Crippen molar-refractivity contribution in [3.63, 3.8) is 0 Å². The lowest BCUT2D eigenvalue weighted by atomic mass is 10.0. The first-order chi connectivity index (χ1) is 9.08. The number of rotatable bonds is 3. The first-order valence-electron chi connectivity index (χ1n) is 6.87. The summed E-state index contributed by atoms with van der Waals surface area (Å²) < 4.78 is 0. The number of aliphatic hydroxyl groups is 1. The van der Waals surface area contributed by atoms with Gasteiger partial charge in [-0.3, -0.25) is 4.79 Å². The molecule has 0 saturated carbocycles. The average Bonchev–Trinajstić information content (AvgIpc) is 2.39. The molecule has 0 radical (unpaired) electrons. The molecular weight excluding hydrogens is 240 g/mol. The van der Waals surface area contributed by atoms with E-state index >= 15 is 0 Å². The number of hydrogen-bond donors (Lipinski definition) is 2. The summed E-state index contributed by atoms with van der Waals surface area (Å²) in [6.07, 6.45) is 1.45. The number of carbonyl (C=O) groups excluding carboxylic acids is 1. The summed E-state index contributed by atoms with van der Waals surface area (Å²) >= 11 is 0. The van der Waals surface area contributed by atoms with Gasteiger partial charge in [-0.2, -0.15) is 0 Å². The van der Waals surface area contributed by atoms with Gasteiger partial charge in [-0.25, -0.2) is 0 Å². The van der Waals surface area contributed by atoms with Gasteiger partial charge in [0.05, 0.1) is 6.10 Å². The van der Waals surface area contributed by atoms with Crippen LogP contribution in [0.1, 0.15) is 38.4 Å². The number of benzene rings is 1. The molecule has 4 heteroatoms. The summed E-state index contributed by atoms with van der Waals surface area (Å²) in [4.78, 5) is 13.3. The van der Waals surface area contributed by atoms with Crippen LogP contribution in [-0.2, 0) is 4.79 Å². The van der Waals surface area contributed by atoms with E-state index in [2.05, 4.69) is 16.3 Å². The molecule has 1 fully saturated rings. The zero-order valence-corrected chi connectivity index (χ0v) is 11.6. The van der Waals surface area contributed by atoms with Crippen LogP contribution in [-0.4, -0.2) is 30.1 Å². The Morgan fingerprint density at radius 3 is 2.58 bits per heavy atom. The van der Waals surface area contributed by atoms with E-state index in [0.717, 1.165) is 37.2 Å². The van der Waals surface area contributed by atoms with Crippen LogP contribution in [0.15, 0.2) is 24.3 Å². The number of carbonyl (C=O) groups is 1. The maximum Gasteiger partial charge on any atom is 0.217 e. The Morgan fingerprint density at radius 1 is 1.37 bits per heavy atom. The quantitative estimate of drug-likeness (QED) is 0.874. The predicted molar refractivity (Wildman–Crippen MR) is 76.1 cm³/mol. The number of aliphatic hydroxyl groups excluding tert-OH is 1. The van der Waals surface area contributed by atoms with Crippen molar-refractivity contribution in [2.24, 2.45) is 0 Å². The lowest BCUT2D eigenvalue weighted by Crippen LogP contribution is -2.44. The fraction of sp³-hybridized carbons (Fsp3) is 0.533. The summed E-state index contributed by atoms with van der Waals surface area (Å²) in [7, 11) is 0. The molecule has 1 aliphatic heterocycles. The topological polar surface area (TPSA) is 52.6 Å². The van der Waals surface area contributed by atoms with E-state index < -0.39 is 6.10 Å². The Hall–Kier alpha value is -1.55. The van der Waals surface area contributed by atoms with Crippen molar-refractivity contribution >= 4 is 11.6 Å². The van der Waals surface area contributed by atoms with Crippen LogP contribution in [0.25, 0.3) is 0 Å². The Balaban J connectivity index is 2.03. The van der Waals surface area contributed by atoms with Crippen LogP contribution in [0.5, 0.6) is 0 Å². The highest BCUT2D eigenvalue weighted by molar-refractivity contribution is 5.73. The molecule has 1 atom stereocenters. The molecular formula is C15H22N2O2. The minimum Gasteiger partial charge on any atom is -0.389 e. The minimum absolute atomic E-state index is 0.0443. The van der Waals surface area contributed by atoms with E-state index in [0.29, 0.717) is 0 Å². The normalized spacial score (nSPS) is 18.2. The summed E-state index contributed by atoms with van der Waals surface area (Å²) in [5.74, 6) is 0.0443. The van der Waals surface area contributed by atoms with E-state index in [4.69, 9.17) is 0 Å². The molecule has 2 N–H and O–H groups in total. The Bertz CT molecular complexity index is 438. The van der Waals surface area contributed by atoms with Crippen LogP contribution >= 0.6 is 0 Å². The third-order valence-electron chi connectivity index (χ3n) is 3.63. The molecule has 0 aromatic heterocycles. The van der Waals surface area contributed by atoms with Gasteiger partial charge in [0.25, 0.3) is 0 Å². The van der Waals surface area contributed by atoms with E-state index in [9.17, 15) is 9.90 Å². The van der Waals surface area contributed by atoms with Crippen molar-refractivity contribution in [3.05, 3.63) is 29.8 Å². The summed E-state index contributed by atoms with van der Waals surface area (Å²) in [6, 6.07) is 8.27. The van der Waals surface area contributed by atoms with Crippen molar-refractivity contribution in [1.29, 1.82) is 0 Å². The molecule has 4 nitrogen and oxygen atoms in total. The third kappa shape index (κ3) is 3.47. The smallest absolute Gasteiger partial charge is 0.217 e. The largest absolute Gasteiger partial charge is 0.389 e. The Labute approximate surface area is 114 Å². The summed E-state index contributed by atoms with van der Waals surface area (Å²) in [5.41, 5.74) is 2.08. The molecule has 104 valence electrons. The number of piperidine rings is 1. The second-order valence-electron chi connectivity index (χ2n) is 5.20. The number of amides is 1. The molecule has 19 heavy (non-hydrogen) atoms. The van der Waals surface area contributed by atoms with Crippen LogP contribution < -0.4 is 10.2 Å². The van der Waals surface area contributed by atoms with Gasteiger partial charge >= 0.3 is 0 Å². The molecule has 1 amide bonds. The first-order valence-corrected chi connectivity index (χ1v) is 6.87. The standard InChI is InChI=1S/C15H22N2O2/c1-11(18)14-5-3-4-6-15(14)17-9-7-13(8-10-17)16-12(2)19/h3-6,11,13,18H,7-10H2,1-2H3,(H,16,19)/t11-/m1/s1. The minimum atomic E-state index is -0.454. The van der Waals surface area contributed by atoms with Gasteiger partial charge in [0.15, 0.2) is 0 Å². The fourth-order valence-electron chi connectivity index (χ4n) is 2.68. The van der Waals surface area contributed by atoms with Crippen LogP contribution in [0.3, 0.4) is 0 Å². The van der Waals surface area contributed by atoms with Crippen molar-refractivity contribution in [2.75, 3.05) is 18.0 Å². The number of anilines is 1. The zero-order valence-electron chi connectivity index (χ0n) is 11.6. The predicted octanol–water partition coefficient (Wildman–Crippen LogP) is 1.84. The zero-order chi connectivity index (χ0) is 13.8. The highest BCUT2D eigenvalue weighted by Crippen LogP contribution is 2.28. The van der Waals surface area contributed by atoms with E-state index in [1.807, 2.05) is 18.2 Å². The van der Waals surface area contributed by atoms with Gasteiger partial charge in [-0.15, -0.1) is 0 Å². The Morgan fingerprint density at radius 2 is 2.00 bits per heavy atom. The van der Waals surface area contributed by atoms with Crippen molar-refractivity contribution in [3.8, 4) is 0 Å².